The standard InChI is InChI=1S/C20H23N5O2S.HI/c1-14-12-23-18(28-14)9-10-22-20(21-2)24-13-15-5-7-16(8-6-15)25-19(26)17-4-3-11-27-17;/h3-8,11-12H,9-10,13H2,1-2H3,(H,25,26)(H2,21,22,24);1H. The van der Waals surface area contributed by atoms with Crippen molar-refractivity contribution in [2.45, 2.75) is 19.9 Å². The first kappa shape index (κ1) is 22.9. The van der Waals surface area contributed by atoms with Crippen molar-refractivity contribution in [1.29, 1.82) is 0 Å². The Morgan fingerprint density at radius 2 is 2.00 bits per heavy atom. The summed E-state index contributed by atoms with van der Waals surface area (Å²) >= 11 is 1.71. The van der Waals surface area contributed by atoms with E-state index in [9.17, 15) is 4.79 Å². The van der Waals surface area contributed by atoms with E-state index in [2.05, 4.69) is 32.9 Å². The molecule has 0 aliphatic carbocycles. The number of aryl methyl sites for hydroxylation is 1. The Bertz CT molecular complexity index is 923. The Morgan fingerprint density at radius 3 is 2.62 bits per heavy atom. The summed E-state index contributed by atoms with van der Waals surface area (Å²) in [5.41, 5.74) is 1.79. The van der Waals surface area contributed by atoms with Crippen LogP contribution in [-0.2, 0) is 13.0 Å². The molecule has 0 atom stereocenters. The minimum absolute atomic E-state index is 0. The van der Waals surface area contributed by atoms with Crippen LogP contribution in [0.2, 0.25) is 0 Å². The van der Waals surface area contributed by atoms with E-state index in [1.165, 1.54) is 11.1 Å². The van der Waals surface area contributed by atoms with Gasteiger partial charge in [0.15, 0.2) is 11.7 Å². The lowest BCUT2D eigenvalue weighted by atomic mass is 10.2. The molecule has 2 aromatic heterocycles. The zero-order chi connectivity index (χ0) is 19.8. The third kappa shape index (κ3) is 7.17. The number of halogens is 1. The van der Waals surface area contributed by atoms with E-state index in [0.29, 0.717) is 12.2 Å². The average Bonchev–Trinajstić information content (AvgIpc) is 3.37. The fourth-order valence-corrected chi connectivity index (χ4v) is 3.30. The second-order valence-corrected chi connectivity index (χ2v) is 7.41. The number of guanidine groups is 1. The maximum atomic E-state index is 12.0. The van der Waals surface area contributed by atoms with Gasteiger partial charge in [0.25, 0.3) is 5.91 Å². The molecule has 0 aliphatic heterocycles. The van der Waals surface area contributed by atoms with Gasteiger partial charge in [0.05, 0.1) is 11.3 Å². The van der Waals surface area contributed by atoms with E-state index in [1.807, 2.05) is 30.5 Å². The molecule has 0 fully saturated rings. The Morgan fingerprint density at radius 1 is 1.21 bits per heavy atom. The van der Waals surface area contributed by atoms with E-state index < -0.39 is 0 Å². The first-order chi connectivity index (χ1) is 13.6. The number of nitrogens with one attached hydrogen (secondary N) is 3. The maximum absolute atomic E-state index is 12.0. The zero-order valence-corrected chi connectivity index (χ0v) is 19.4. The van der Waals surface area contributed by atoms with E-state index in [-0.39, 0.29) is 35.6 Å². The van der Waals surface area contributed by atoms with Crippen LogP contribution in [0.3, 0.4) is 0 Å². The van der Waals surface area contributed by atoms with Crippen molar-refractivity contribution in [1.82, 2.24) is 15.6 Å². The molecule has 0 saturated carbocycles. The Kier molecular flexibility index (Phi) is 9.13. The lowest BCUT2D eigenvalue weighted by molar-refractivity contribution is 0.0996. The van der Waals surface area contributed by atoms with Gasteiger partial charge in [-0.1, -0.05) is 12.1 Å². The van der Waals surface area contributed by atoms with Gasteiger partial charge in [-0.2, -0.15) is 0 Å². The number of hydrogen-bond donors (Lipinski definition) is 3. The lowest BCUT2D eigenvalue weighted by Crippen LogP contribution is -2.37. The van der Waals surface area contributed by atoms with Crippen LogP contribution in [0, 0.1) is 6.92 Å². The third-order valence-electron chi connectivity index (χ3n) is 3.94. The summed E-state index contributed by atoms with van der Waals surface area (Å²) in [5, 5.41) is 10.5. The molecular formula is C20H24IN5O2S. The largest absolute Gasteiger partial charge is 0.459 e. The quantitative estimate of drug-likeness (QED) is 0.248. The van der Waals surface area contributed by atoms with Crippen molar-refractivity contribution in [3.63, 3.8) is 0 Å². The van der Waals surface area contributed by atoms with Crippen LogP contribution in [0.1, 0.15) is 26.0 Å². The fraction of sp³-hybridized carbons (Fsp3) is 0.250. The van der Waals surface area contributed by atoms with Crippen molar-refractivity contribution < 1.29 is 9.21 Å². The van der Waals surface area contributed by atoms with Crippen molar-refractivity contribution in [3.8, 4) is 0 Å². The topological polar surface area (TPSA) is 91.5 Å². The minimum atomic E-state index is -0.268. The van der Waals surface area contributed by atoms with Crippen molar-refractivity contribution in [3.05, 3.63) is 70.1 Å². The number of hydrogen-bond acceptors (Lipinski definition) is 5. The summed E-state index contributed by atoms with van der Waals surface area (Å²) in [6, 6.07) is 10.9. The molecule has 3 aromatic rings. The van der Waals surface area contributed by atoms with Crippen LogP contribution in [0.4, 0.5) is 5.69 Å². The van der Waals surface area contributed by atoms with Gasteiger partial charge in [-0.3, -0.25) is 9.79 Å². The maximum Gasteiger partial charge on any atom is 0.291 e. The molecule has 0 radical (unpaired) electrons. The Hall–Kier alpha value is -2.40. The number of aliphatic imine (C=N–C) groups is 1. The SMILES string of the molecule is CN=C(NCCc1ncc(C)s1)NCc1ccc(NC(=O)c2ccco2)cc1.I. The number of nitrogens with zero attached hydrogens (tertiary/aromatic N) is 2. The number of benzene rings is 1. The second-order valence-electron chi connectivity index (χ2n) is 6.10. The first-order valence-electron chi connectivity index (χ1n) is 8.93. The zero-order valence-electron chi connectivity index (χ0n) is 16.3. The average molecular weight is 525 g/mol. The minimum Gasteiger partial charge on any atom is -0.459 e. The van der Waals surface area contributed by atoms with Gasteiger partial charge < -0.3 is 20.4 Å². The van der Waals surface area contributed by atoms with Crippen LogP contribution in [0.25, 0.3) is 0 Å². The number of anilines is 1. The number of aromatic nitrogens is 1. The monoisotopic (exact) mass is 525 g/mol. The highest BCUT2D eigenvalue weighted by atomic mass is 127. The Balaban J connectivity index is 0.00000300. The smallest absolute Gasteiger partial charge is 0.291 e. The van der Waals surface area contributed by atoms with Crippen LogP contribution < -0.4 is 16.0 Å². The summed E-state index contributed by atoms with van der Waals surface area (Å²) in [6.07, 6.45) is 4.24. The number of carbonyl (C=O) groups is 1. The Labute approximate surface area is 191 Å². The highest BCUT2D eigenvalue weighted by Crippen LogP contribution is 2.12. The molecule has 0 bridgehead atoms. The van der Waals surface area contributed by atoms with Gasteiger partial charge in [-0.25, -0.2) is 4.98 Å². The molecule has 3 N–H and O–H groups in total. The molecule has 1 aromatic carbocycles. The number of thiazole rings is 1. The predicted molar refractivity (Wildman–Crippen MR) is 127 cm³/mol. The summed E-state index contributed by atoms with van der Waals surface area (Å²) in [5.74, 6) is 0.757. The highest BCUT2D eigenvalue weighted by molar-refractivity contribution is 14.0. The first-order valence-corrected chi connectivity index (χ1v) is 9.75. The molecule has 2 heterocycles. The van der Waals surface area contributed by atoms with Gasteiger partial charge in [0, 0.05) is 43.3 Å². The molecule has 1 amide bonds. The summed E-state index contributed by atoms with van der Waals surface area (Å²) in [7, 11) is 1.75. The molecule has 7 nitrogen and oxygen atoms in total. The number of rotatable bonds is 7. The van der Waals surface area contributed by atoms with E-state index in [4.69, 9.17) is 4.42 Å². The molecule has 0 unspecified atom stereocenters. The van der Waals surface area contributed by atoms with Gasteiger partial charge >= 0.3 is 0 Å². The normalized spacial score (nSPS) is 10.9. The van der Waals surface area contributed by atoms with Crippen molar-refractivity contribution in [2.24, 2.45) is 4.99 Å². The van der Waals surface area contributed by atoms with Gasteiger partial charge in [-0.15, -0.1) is 35.3 Å². The van der Waals surface area contributed by atoms with Crippen molar-refractivity contribution >= 4 is 52.9 Å². The number of carbonyl (C=O) groups excluding carboxylic acids is 1. The van der Waals surface area contributed by atoms with Crippen molar-refractivity contribution in [2.75, 3.05) is 18.9 Å². The molecule has 0 saturated heterocycles. The summed E-state index contributed by atoms with van der Waals surface area (Å²) in [4.78, 5) is 21.8. The molecule has 154 valence electrons. The molecule has 3 rings (SSSR count). The molecule has 29 heavy (non-hydrogen) atoms. The van der Waals surface area contributed by atoms with Gasteiger partial charge in [-0.05, 0) is 36.8 Å². The van der Waals surface area contributed by atoms with Gasteiger partial charge in [0.1, 0.15) is 0 Å². The predicted octanol–water partition coefficient (Wildman–Crippen LogP) is 3.82. The fourth-order valence-electron chi connectivity index (χ4n) is 2.52. The highest BCUT2D eigenvalue weighted by Gasteiger charge is 2.08. The van der Waals surface area contributed by atoms with Crippen LogP contribution >= 0.6 is 35.3 Å². The van der Waals surface area contributed by atoms with E-state index >= 15 is 0 Å². The third-order valence-corrected chi connectivity index (χ3v) is 4.91. The van der Waals surface area contributed by atoms with E-state index in [1.54, 1.807) is 30.5 Å². The molecule has 0 spiro atoms. The summed E-state index contributed by atoms with van der Waals surface area (Å²) < 4.78 is 5.08. The molecule has 0 aliphatic rings. The summed E-state index contributed by atoms with van der Waals surface area (Å²) in [6.45, 7) is 3.45. The van der Waals surface area contributed by atoms with Gasteiger partial charge in [0.2, 0.25) is 0 Å². The molecular weight excluding hydrogens is 501 g/mol. The van der Waals surface area contributed by atoms with Crippen LogP contribution in [-0.4, -0.2) is 30.4 Å². The molecule has 9 heteroatoms. The van der Waals surface area contributed by atoms with Crippen LogP contribution in [0.5, 0.6) is 0 Å². The number of amides is 1. The number of furan rings is 1. The van der Waals surface area contributed by atoms with Crippen LogP contribution in [0.15, 0.2) is 58.3 Å². The second kappa shape index (κ2) is 11.6. The lowest BCUT2D eigenvalue weighted by Gasteiger charge is -2.12. The van der Waals surface area contributed by atoms with E-state index in [0.717, 1.165) is 29.5 Å².